The van der Waals surface area contributed by atoms with Gasteiger partial charge in [-0.05, 0) is 31.5 Å². The highest BCUT2D eigenvalue weighted by Crippen LogP contribution is 2.32. The second-order valence-corrected chi connectivity index (χ2v) is 5.12. The van der Waals surface area contributed by atoms with Gasteiger partial charge in [-0.3, -0.25) is 4.79 Å². The van der Waals surface area contributed by atoms with Gasteiger partial charge in [-0.15, -0.1) is 0 Å². The molecule has 0 saturated carbocycles. The van der Waals surface area contributed by atoms with Gasteiger partial charge in [0.2, 0.25) is 5.91 Å². The van der Waals surface area contributed by atoms with Crippen molar-refractivity contribution in [1.29, 1.82) is 0 Å². The van der Waals surface area contributed by atoms with Crippen molar-refractivity contribution in [3.8, 4) is 0 Å². The van der Waals surface area contributed by atoms with E-state index in [0.29, 0.717) is 33.7 Å². The SMILES string of the molecule is NCCCCCC(=O)Nc1cc(Cl)c(Cl)cc1Cl. The third kappa shape index (κ3) is 5.02. The monoisotopic (exact) mass is 308 g/mol. The van der Waals surface area contributed by atoms with Crippen LogP contribution in [0.2, 0.25) is 15.1 Å². The summed E-state index contributed by atoms with van der Waals surface area (Å²) in [5.74, 6) is -0.0905. The highest BCUT2D eigenvalue weighted by atomic mass is 35.5. The van der Waals surface area contributed by atoms with Crippen LogP contribution in [0.25, 0.3) is 0 Å². The molecule has 6 heteroatoms. The number of nitrogens with two attached hydrogens (primary N) is 1. The Balaban J connectivity index is 2.51. The maximum atomic E-state index is 11.6. The number of rotatable bonds is 6. The Morgan fingerprint density at radius 1 is 1.06 bits per heavy atom. The third-order valence-electron chi connectivity index (χ3n) is 2.39. The van der Waals surface area contributed by atoms with Crippen molar-refractivity contribution >= 4 is 46.4 Å². The molecule has 0 saturated heterocycles. The molecule has 3 nitrogen and oxygen atoms in total. The number of hydrogen-bond donors (Lipinski definition) is 2. The summed E-state index contributed by atoms with van der Waals surface area (Å²) < 4.78 is 0. The van der Waals surface area contributed by atoms with Crippen molar-refractivity contribution in [2.45, 2.75) is 25.7 Å². The Morgan fingerprint density at radius 3 is 2.39 bits per heavy atom. The fourth-order valence-electron chi connectivity index (χ4n) is 1.44. The molecule has 1 amide bonds. The average molecular weight is 310 g/mol. The van der Waals surface area contributed by atoms with Gasteiger partial charge in [0.25, 0.3) is 0 Å². The lowest BCUT2D eigenvalue weighted by Crippen LogP contribution is -2.11. The van der Waals surface area contributed by atoms with Gasteiger partial charge in [0.05, 0.1) is 20.8 Å². The maximum Gasteiger partial charge on any atom is 0.224 e. The molecule has 0 aliphatic heterocycles. The number of halogens is 3. The first-order valence-corrected chi connectivity index (χ1v) is 6.82. The molecule has 100 valence electrons. The van der Waals surface area contributed by atoms with E-state index in [4.69, 9.17) is 40.5 Å². The normalized spacial score (nSPS) is 10.4. The summed E-state index contributed by atoms with van der Waals surface area (Å²) in [6.45, 7) is 0.653. The number of carbonyl (C=O) groups excluding carboxylic acids is 1. The summed E-state index contributed by atoms with van der Waals surface area (Å²) in [5.41, 5.74) is 5.86. The minimum atomic E-state index is -0.0905. The van der Waals surface area contributed by atoms with E-state index >= 15 is 0 Å². The van der Waals surface area contributed by atoms with E-state index in [9.17, 15) is 4.79 Å². The summed E-state index contributed by atoms with van der Waals surface area (Å²) in [7, 11) is 0. The van der Waals surface area contributed by atoms with E-state index in [-0.39, 0.29) is 5.91 Å². The smallest absolute Gasteiger partial charge is 0.224 e. The predicted molar refractivity (Wildman–Crippen MR) is 77.6 cm³/mol. The van der Waals surface area contributed by atoms with Gasteiger partial charge in [-0.25, -0.2) is 0 Å². The molecule has 1 aromatic rings. The number of anilines is 1. The van der Waals surface area contributed by atoms with E-state index in [1.807, 2.05) is 0 Å². The molecular formula is C12H15Cl3N2O. The molecule has 3 N–H and O–H groups in total. The molecule has 0 unspecified atom stereocenters. The molecule has 0 fully saturated rings. The molecule has 0 radical (unpaired) electrons. The molecule has 0 spiro atoms. The maximum absolute atomic E-state index is 11.6. The Kier molecular flexibility index (Phi) is 6.79. The van der Waals surface area contributed by atoms with Gasteiger partial charge >= 0.3 is 0 Å². The number of amides is 1. The molecule has 18 heavy (non-hydrogen) atoms. The van der Waals surface area contributed by atoms with E-state index in [1.54, 1.807) is 6.07 Å². The minimum absolute atomic E-state index is 0.0905. The Morgan fingerprint density at radius 2 is 1.72 bits per heavy atom. The van der Waals surface area contributed by atoms with Crippen LogP contribution in [0.3, 0.4) is 0 Å². The van der Waals surface area contributed by atoms with Gasteiger partial charge in [-0.1, -0.05) is 41.2 Å². The third-order valence-corrected chi connectivity index (χ3v) is 3.43. The van der Waals surface area contributed by atoms with Crippen molar-refractivity contribution in [2.75, 3.05) is 11.9 Å². The standard InChI is InChI=1S/C12H15Cl3N2O/c13-8-6-10(15)11(7-9(8)14)17-12(18)4-2-1-3-5-16/h6-7H,1-5,16H2,(H,17,18). The first-order chi connectivity index (χ1) is 8.54. The van der Waals surface area contributed by atoms with Crippen LogP contribution < -0.4 is 11.1 Å². The molecule has 0 heterocycles. The van der Waals surface area contributed by atoms with Crippen LogP contribution in [0.1, 0.15) is 25.7 Å². The van der Waals surface area contributed by atoms with Crippen molar-refractivity contribution in [1.82, 2.24) is 0 Å². The van der Waals surface area contributed by atoms with Gasteiger partial charge in [0.15, 0.2) is 0 Å². The zero-order chi connectivity index (χ0) is 13.5. The van der Waals surface area contributed by atoms with E-state index in [2.05, 4.69) is 5.32 Å². The fourth-order valence-corrected chi connectivity index (χ4v) is 2.03. The van der Waals surface area contributed by atoms with Crippen LogP contribution in [-0.2, 0) is 4.79 Å². The van der Waals surface area contributed by atoms with Crippen LogP contribution >= 0.6 is 34.8 Å². The molecular weight excluding hydrogens is 295 g/mol. The fraction of sp³-hybridized carbons (Fsp3) is 0.417. The molecule has 1 rings (SSSR count). The molecule has 0 atom stereocenters. The van der Waals surface area contributed by atoms with Crippen molar-refractivity contribution in [2.24, 2.45) is 5.73 Å². The first kappa shape index (κ1) is 15.6. The highest BCUT2D eigenvalue weighted by molar-refractivity contribution is 6.44. The summed E-state index contributed by atoms with van der Waals surface area (Å²) in [6.07, 6.45) is 3.12. The number of carbonyl (C=O) groups is 1. The van der Waals surface area contributed by atoms with Gasteiger partial charge in [0, 0.05) is 6.42 Å². The summed E-state index contributed by atoms with van der Waals surface area (Å²) in [5, 5.41) is 3.81. The molecule has 0 bridgehead atoms. The van der Waals surface area contributed by atoms with Gasteiger partial charge < -0.3 is 11.1 Å². The number of unbranched alkanes of at least 4 members (excludes halogenated alkanes) is 2. The van der Waals surface area contributed by atoms with Crippen molar-refractivity contribution in [3.63, 3.8) is 0 Å². The van der Waals surface area contributed by atoms with E-state index < -0.39 is 0 Å². The second-order valence-electron chi connectivity index (χ2n) is 3.89. The molecule has 1 aromatic carbocycles. The van der Waals surface area contributed by atoms with E-state index in [0.717, 1.165) is 19.3 Å². The zero-order valence-electron chi connectivity index (χ0n) is 9.81. The summed E-state index contributed by atoms with van der Waals surface area (Å²) in [4.78, 5) is 11.6. The van der Waals surface area contributed by atoms with Crippen LogP contribution in [0.15, 0.2) is 12.1 Å². The minimum Gasteiger partial charge on any atom is -0.330 e. The first-order valence-electron chi connectivity index (χ1n) is 5.69. The highest BCUT2D eigenvalue weighted by Gasteiger charge is 2.09. The largest absolute Gasteiger partial charge is 0.330 e. The topological polar surface area (TPSA) is 55.1 Å². The van der Waals surface area contributed by atoms with Gasteiger partial charge in [0.1, 0.15) is 0 Å². The predicted octanol–water partition coefficient (Wildman–Crippen LogP) is 4.10. The van der Waals surface area contributed by atoms with Crippen molar-refractivity contribution in [3.05, 3.63) is 27.2 Å². The van der Waals surface area contributed by atoms with Crippen LogP contribution in [0.4, 0.5) is 5.69 Å². The van der Waals surface area contributed by atoms with E-state index in [1.165, 1.54) is 6.07 Å². The quantitative estimate of drug-likeness (QED) is 0.614. The summed E-state index contributed by atoms with van der Waals surface area (Å²) in [6, 6.07) is 3.06. The Bertz CT molecular complexity index is 424. The van der Waals surface area contributed by atoms with Crippen LogP contribution in [-0.4, -0.2) is 12.5 Å². The zero-order valence-corrected chi connectivity index (χ0v) is 12.1. The molecule has 0 aromatic heterocycles. The molecule has 0 aliphatic rings. The van der Waals surface area contributed by atoms with Crippen molar-refractivity contribution < 1.29 is 4.79 Å². The molecule has 0 aliphatic carbocycles. The Labute approximate surface area is 122 Å². The van der Waals surface area contributed by atoms with Crippen LogP contribution in [0.5, 0.6) is 0 Å². The second kappa shape index (κ2) is 7.85. The summed E-state index contributed by atoms with van der Waals surface area (Å²) >= 11 is 17.6. The lowest BCUT2D eigenvalue weighted by Gasteiger charge is -2.08. The average Bonchev–Trinajstić information content (AvgIpc) is 2.32. The van der Waals surface area contributed by atoms with Gasteiger partial charge in [-0.2, -0.15) is 0 Å². The number of benzene rings is 1. The number of nitrogens with one attached hydrogen (secondary N) is 1. The number of hydrogen-bond acceptors (Lipinski definition) is 2. The Hall–Kier alpha value is -0.480. The van der Waals surface area contributed by atoms with Crippen LogP contribution in [0, 0.1) is 0 Å². The lowest BCUT2D eigenvalue weighted by atomic mass is 10.2. The lowest BCUT2D eigenvalue weighted by molar-refractivity contribution is -0.116.